The minimum Gasteiger partial charge on any atom is -0.497 e. The fourth-order valence-electron chi connectivity index (χ4n) is 3.41. The number of nitro groups is 1. The molecule has 0 bridgehead atoms. The number of allylic oxidation sites excluding steroid dienone is 3. The summed E-state index contributed by atoms with van der Waals surface area (Å²) in [6.45, 7) is 6.29. The zero-order valence-electron chi connectivity index (χ0n) is 17.3. The van der Waals surface area contributed by atoms with Crippen LogP contribution in [0.4, 0.5) is 5.69 Å². The molecule has 0 amide bonds. The van der Waals surface area contributed by atoms with Gasteiger partial charge in [-0.2, -0.15) is 5.26 Å². The van der Waals surface area contributed by atoms with Gasteiger partial charge in [0.1, 0.15) is 17.4 Å². The molecule has 1 aromatic heterocycles. The van der Waals surface area contributed by atoms with Crippen molar-refractivity contribution in [2.75, 3.05) is 7.11 Å². The van der Waals surface area contributed by atoms with Crippen LogP contribution in [-0.4, -0.2) is 16.6 Å². The van der Waals surface area contributed by atoms with E-state index in [1.54, 1.807) is 12.1 Å². The fraction of sp³-hybridized carbons (Fsp3) is 0.217. The van der Waals surface area contributed by atoms with Crippen molar-refractivity contribution in [2.24, 2.45) is 0 Å². The summed E-state index contributed by atoms with van der Waals surface area (Å²) in [5.41, 5.74) is 2.82. The molecule has 1 N–H and O–H groups in total. The van der Waals surface area contributed by atoms with E-state index in [2.05, 4.69) is 11.9 Å². The van der Waals surface area contributed by atoms with Crippen molar-refractivity contribution < 1.29 is 9.66 Å². The second-order valence-electron chi connectivity index (χ2n) is 6.95. The number of nitrogens with zero attached hydrogens (tertiary/aromatic N) is 3. The van der Waals surface area contributed by atoms with Gasteiger partial charge in [0.25, 0.3) is 11.2 Å². The maximum atomic E-state index is 13.2. The quantitative estimate of drug-likeness (QED) is 0.432. The Morgan fingerprint density at radius 1 is 1.42 bits per heavy atom. The van der Waals surface area contributed by atoms with Gasteiger partial charge < -0.3 is 10.1 Å². The van der Waals surface area contributed by atoms with Crippen molar-refractivity contribution in [1.82, 2.24) is 9.88 Å². The summed E-state index contributed by atoms with van der Waals surface area (Å²) in [7, 11) is 1.53. The van der Waals surface area contributed by atoms with E-state index in [9.17, 15) is 20.2 Å². The summed E-state index contributed by atoms with van der Waals surface area (Å²) in [6.07, 6.45) is 5.44. The van der Waals surface area contributed by atoms with Gasteiger partial charge in [0.15, 0.2) is 0 Å². The summed E-state index contributed by atoms with van der Waals surface area (Å²) < 4.78 is 6.64. The SMILES string of the molecule is C=C(/C=C1/NCc2cc(C#N)c(=O)n(-c3ccc([N+](=O)[O-])cc3)c2C1=CCCC)OC. The number of ether oxygens (including phenoxy) is 1. The average Bonchev–Trinajstić information content (AvgIpc) is 2.78. The number of unbranched alkanes of at least 4 members (excludes halogenated alkanes) is 1. The Kier molecular flexibility index (Phi) is 6.36. The third-order valence-corrected chi connectivity index (χ3v) is 4.94. The molecule has 0 saturated heterocycles. The molecular weight excluding hydrogens is 396 g/mol. The van der Waals surface area contributed by atoms with Crippen LogP contribution < -0.4 is 10.9 Å². The van der Waals surface area contributed by atoms with Gasteiger partial charge in [0.2, 0.25) is 0 Å². The molecule has 158 valence electrons. The predicted molar refractivity (Wildman–Crippen MR) is 117 cm³/mol. The molecule has 0 atom stereocenters. The maximum Gasteiger partial charge on any atom is 0.273 e. The number of hydrogen-bond acceptors (Lipinski definition) is 6. The number of benzene rings is 1. The molecule has 3 rings (SSSR count). The maximum absolute atomic E-state index is 13.2. The molecule has 0 aliphatic carbocycles. The lowest BCUT2D eigenvalue weighted by Gasteiger charge is -2.28. The first-order valence-electron chi connectivity index (χ1n) is 9.74. The standard InChI is InChI=1S/C23H22N4O4/c1-4-5-6-20-21(11-15(2)31-3)25-14-17-12-16(13-24)23(28)26(22(17)20)18-7-9-19(10-8-18)27(29)30/h6-12,25H,2,4-5,14H2,1,3H3/b20-6?,21-11+. The molecule has 8 heteroatoms. The summed E-state index contributed by atoms with van der Waals surface area (Å²) in [5, 5.41) is 23.8. The highest BCUT2D eigenvalue weighted by Gasteiger charge is 2.25. The number of nitro benzene ring substituents is 1. The number of methoxy groups -OCH3 is 1. The van der Waals surface area contributed by atoms with E-state index in [1.165, 1.54) is 35.9 Å². The van der Waals surface area contributed by atoms with Crippen LogP contribution in [0.25, 0.3) is 11.3 Å². The Labute approximate surface area is 179 Å². The third-order valence-electron chi connectivity index (χ3n) is 4.94. The van der Waals surface area contributed by atoms with E-state index >= 15 is 0 Å². The lowest BCUT2D eigenvalue weighted by molar-refractivity contribution is -0.384. The highest BCUT2D eigenvalue weighted by molar-refractivity contribution is 5.82. The Hall–Kier alpha value is -4.12. The molecule has 2 aromatic rings. The monoisotopic (exact) mass is 418 g/mol. The summed E-state index contributed by atoms with van der Waals surface area (Å²) in [4.78, 5) is 23.7. The largest absolute Gasteiger partial charge is 0.497 e. The molecule has 0 radical (unpaired) electrons. The van der Waals surface area contributed by atoms with E-state index in [-0.39, 0.29) is 11.3 Å². The first kappa shape index (κ1) is 21.6. The third kappa shape index (κ3) is 4.26. The van der Waals surface area contributed by atoms with Gasteiger partial charge in [-0.3, -0.25) is 19.5 Å². The zero-order chi connectivity index (χ0) is 22.5. The van der Waals surface area contributed by atoms with Gasteiger partial charge in [0.05, 0.1) is 17.7 Å². The molecule has 0 unspecified atom stereocenters. The Morgan fingerprint density at radius 2 is 2.13 bits per heavy atom. The number of rotatable bonds is 6. The van der Waals surface area contributed by atoms with Crippen molar-refractivity contribution >= 4 is 11.3 Å². The number of fused-ring (bicyclic) bond motifs is 1. The topological polar surface area (TPSA) is 110 Å². The smallest absolute Gasteiger partial charge is 0.273 e. The zero-order valence-corrected chi connectivity index (χ0v) is 17.3. The van der Waals surface area contributed by atoms with Crippen LogP contribution in [0.2, 0.25) is 0 Å². The van der Waals surface area contributed by atoms with Crippen molar-refractivity contribution in [3.63, 3.8) is 0 Å². The number of aromatic nitrogens is 1. The van der Waals surface area contributed by atoms with Gasteiger partial charge in [-0.25, -0.2) is 0 Å². The molecule has 2 heterocycles. The predicted octanol–water partition coefficient (Wildman–Crippen LogP) is 3.95. The van der Waals surface area contributed by atoms with Crippen LogP contribution in [0.3, 0.4) is 0 Å². The Bertz CT molecular complexity index is 1200. The van der Waals surface area contributed by atoms with E-state index in [0.29, 0.717) is 23.7 Å². The van der Waals surface area contributed by atoms with E-state index in [1.807, 2.05) is 19.1 Å². The number of nitrogens with one attached hydrogen (secondary N) is 1. The van der Waals surface area contributed by atoms with Crippen LogP contribution >= 0.6 is 0 Å². The minimum absolute atomic E-state index is 0.00229. The van der Waals surface area contributed by atoms with Crippen LogP contribution in [0.1, 0.15) is 36.6 Å². The van der Waals surface area contributed by atoms with E-state index in [4.69, 9.17) is 4.74 Å². The van der Waals surface area contributed by atoms with Crippen LogP contribution in [0.15, 0.2) is 65.3 Å². The second-order valence-corrected chi connectivity index (χ2v) is 6.95. The normalized spacial score (nSPS) is 15.1. The molecule has 1 aliphatic rings. The van der Waals surface area contributed by atoms with Gasteiger partial charge in [-0.15, -0.1) is 0 Å². The molecular formula is C23H22N4O4. The molecule has 0 spiro atoms. The van der Waals surface area contributed by atoms with Crippen LogP contribution in [-0.2, 0) is 11.3 Å². The molecule has 1 aliphatic heterocycles. The molecule has 31 heavy (non-hydrogen) atoms. The molecule has 1 aromatic carbocycles. The van der Waals surface area contributed by atoms with Crippen molar-refractivity contribution in [2.45, 2.75) is 26.3 Å². The first-order valence-corrected chi connectivity index (χ1v) is 9.74. The van der Waals surface area contributed by atoms with Crippen molar-refractivity contribution in [3.8, 4) is 11.8 Å². The summed E-state index contributed by atoms with van der Waals surface area (Å²) in [5.74, 6) is 0.450. The molecule has 0 saturated carbocycles. The van der Waals surface area contributed by atoms with E-state index in [0.717, 1.165) is 29.7 Å². The number of hydrogen-bond donors (Lipinski definition) is 1. The van der Waals surface area contributed by atoms with Crippen molar-refractivity contribution in [1.29, 1.82) is 5.26 Å². The van der Waals surface area contributed by atoms with Crippen LogP contribution in [0.5, 0.6) is 0 Å². The van der Waals surface area contributed by atoms with Gasteiger partial charge in [0, 0.05) is 41.7 Å². The minimum atomic E-state index is -0.499. The average molecular weight is 418 g/mol. The Balaban J connectivity index is 2.33. The number of non-ortho nitro benzene ring substituents is 1. The second kappa shape index (κ2) is 9.13. The fourth-order valence-corrected chi connectivity index (χ4v) is 3.41. The lowest BCUT2D eigenvalue weighted by atomic mass is 9.94. The summed E-state index contributed by atoms with van der Waals surface area (Å²) >= 11 is 0. The number of pyridine rings is 1. The van der Waals surface area contributed by atoms with Gasteiger partial charge >= 0.3 is 0 Å². The van der Waals surface area contributed by atoms with Crippen molar-refractivity contribution in [3.05, 3.63) is 97.8 Å². The molecule has 8 nitrogen and oxygen atoms in total. The summed E-state index contributed by atoms with van der Waals surface area (Å²) in [6, 6.07) is 9.25. The van der Waals surface area contributed by atoms with Crippen LogP contribution in [0, 0.1) is 21.4 Å². The Morgan fingerprint density at radius 3 is 2.71 bits per heavy atom. The first-order chi connectivity index (χ1) is 14.9. The molecule has 0 fully saturated rings. The number of nitriles is 1. The van der Waals surface area contributed by atoms with E-state index < -0.39 is 10.5 Å². The highest BCUT2D eigenvalue weighted by atomic mass is 16.6. The highest BCUT2D eigenvalue weighted by Crippen LogP contribution is 2.32. The van der Waals surface area contributed by atoms with Gasteiger partial charge in [-0.05, 0) is 30.2 Å². The lowest BCUT2D eigenvalue weighted by Crippen LogP contribution is -2.32. The van der Waals surface area contributed by atoms with Gasteiger partial charge in [-0.1, -0.05) is 26.0 Å².